The Morgan fingerprint density at radius 3 is 3.05 bits per heavy atom. The number of fused-ring (bicyclic) bond motifs is 3. The molecule has 1 aliphatic heterocycles. The van der Waals surface area contributed by atoms with Crippen molar-refractivity contribution < 1.29 is 0 Å². The van der Waals surface area contributed by atoms with Gasteiger partial charge in [-0.15, -0.1) is 11.8 Å². The highest BCUT2D eigenvalue weighted by atomic mass is 32.2. The van der Waals surface area contributed by atoms with Crippen molar-refractivity contribution in [1.82, 2.24) is 14.3 Å². The van der Waals surface area contributed by atoms with Gasteiger partial charge in [0.25, 0.3) is 5.56 Å². The summed E-state index contributed by atoms with van der Waals surface area (Å²) in [6.07, 6.45) is 4.00. The van der Waals surface area contributed by atoms with E-state index in [9.17, 15) is 4.79 Å². The van der Waals surface area contributed by atoms with Crippen LogP contribution in [0.3, 0.4) is 0 Å². The van der Waals surface area contributed by atoms with Crippen LogP contribution >= 0.6 is 23.1 Å². The Labute approximate surface area is 135 Å². The Balaban J connectivity index is 1.86. The monoisotopic (exact) mass is 329 g/mol. The van der Waals surface area contributed by atoms with E-state index in [-0.39, 0.29) is 5.56 Å². The highest BCUT2D eigenvalue weighted by molar-refractivity contribution is 8.03. The van der Waals surface area contributed by atoms with E-state index < -0.39 is 0 Å². The van der Waals surface area contributed by atoms with Crippen molar-refractivity contribution in [3.63, 3.8) is 0 Å². The van der Waals surface area contributed by atoms with Gasteiger partial charge < -0.3 is 4.90 Å². The van der Waals surface area contributed by atoms with E-state index in [4.69, 9.17) is 0 Å². The van der Waals surface area contributed by atoms with Crippen LogP contribution in [-0.2, 0) is 0 Å². The zero-order valence-electron chi connectivity index (χ0n) is 12.2. The first-order valence-corrected chi connectivity index (χ1v) is 9.08. The standard InChI is InChI=1S/C16H15N3OS2/c1-2-18-9-10-21-14(18)8-7-13-15(20)19-12-6-4-3-5-11(12)17-16(19)22-13/h3-8H,2,9-10H2,1H3. The largest absolute Gasteiger partial charge is 0.366 e. The first-order chi connectivity index (χ1) is 10.8. The molecule has 0 saturated carbocycles. The Hall–Kier alpha value is -1.79. The minimum atomic E-state index is 0.0246. The van der Waals surface area contributed by atoms with Crippen LogP contribution in [0.2, 0.25) is 0 Å². The van der Waals surface area contributed by atoms with Crippen molar-refractivity contribution >= 4 is 45.2 Å². The molecule has 0 radical (unpaired) electrons. The molecular formula is C16H15N3OS2. The molecule has 0 N–H and O–H groups in total. The SMILES string of the molecule is CCN1CCSC1=CC=c1sc2nc3ccccc3n2c1=O. The molecule has 0 unspecified atom stereocenters. The van der Waals surface area contributed by atoms with Crippen LogP contribution < -0.4 is 10.1 Å². The normalized spacial score (nSPS) is 18.3. The second kappa shape index (κ2) is 5.44. The Bertz CT molecular complexity index is 986. The van der Waals surface area contributed by atoms with E-state index >= 15 is 0 Å². The van der Waals surface area contributed by atoms with Crippen LogP contribution in [0.5, 0.6) is 0 Å². The summed E-state index contributed by atoms with van der Waals surface area (Å²) in [6, 6.07) is 7.76. The van der Waals surface area contributed by atoms with Crippen LogP contribution in [0.25, 0.3) is 22.1 Å². The van der Waals surface area contributed by atoms with Gasteiger partial charge in [-0.2, -0.15) is 0 Å². The summed E-state index contributed by atoms with van der Waals surface area (Å²) in [5.74, 6) is 1.12. The smallest absolute Gasteiger partial charge is 0.274 e. The molecule has 2 aromatic heterocycles. The van der Waals surface area contributed by atoms with E-state index in [1.165, 1.54) is 16.4 Å². The van der Waals surface area contributed by atoms with Gasteiger partial charge in [0.15, 0.2) is 4.96 Å². The van der Waals surface area contributed by atoms with E-state index in [0.717, 1.165) is 39.4 Å². The number of para-hydroxylation sites is 2. The van der Waals surface area contributed by atoms with Gasteiger partial charge in [0.05, 0.1) is 20.6 Å². The number of imidazole rings is 1. The zero-order chi connectivity index (χ0) is 15.1. The fraction of sp³-hybridized carbons (Fsp3) is 0.250. The molecule has 0 atom stereocenters. The fourth-order valence-electron chi connectivity index (χ4n) is 2.70. The molecular weight excluding hydrogens is 314 g/mol. The van der Waals surface area contributed by atoms with Crippen molar-refractivity contribution in [1.29, 1.82) is 0 Å². The molecule has 0 amide bonds. The van der Waals surface area contributed by atoms with E-state index in [1.807, 2.05) is 42.1 Å². The van der Waals surface area contributed by atoms with Gasteiger partial charge in [-0.1, -0.05) is 23.5 Å². The van der Waals surface area contributed by atoms with Crippen molar-refractivity contribution in [3.05, 3.63) is 50.3 Å². The zero-order valence-corrected chi connectivity index (χ0v) is 13.8. The number of benzene rings is 1. The third kappa shape index (κ3) is 2.14. The lowest BCUT2D eigenvalue weighted by Gasteiger charge is -2.14. The molecule has 1 saturated heterocycles. The van der Waals surface area contributed by atoms with Gasteiger partial charge in [0.1, 0.15) is 0 Å². The maximum Gasteiger partial charge on any atom is 0.274 e. The number of nitrogens with zero attached hydrogens (tertiary/aromatic N) is 3. The molecule has 1 fully saturated rings. The predicted molar refractivity (Wildman–Crippen MR) is 94.3 cm³/mol. The topological polar surface area (TPSA) is 37.6 Å². The van der Waals surface area contributed by atoms with Gasteiger partial charge in [-0.05, 0) is 31.2 Å². The summed E-state index contributed by atoms with van der Waals surface area (Å²) >= 11 is 3.30. The number of thioether (sulfide) groups is 1. The summed E-state index contributed by atoms with van der Waals surface area (Å²) in [5.41, 5.74) is 1.78. The van der Waals surface area contributed by atoms with E-state index in [0.29, 0.717) is 0 Å². The van der Waals surface area contributed by atoms with E-state index in [2.05, 4.69) is 22.9 Å². The third-order valence-corrected chi connectivity index (χ3v) is 5.89. The Morgan fingerprint density at radius 1 is 1.32 bits per heavy atom. The van der Waals surface area contributed by atoms with Crippen LogP contribution in [-0.4, -0.2) is 33.1 Å². The molecule has 0 spiro atoms. The third-order valence-electron chi connectivity index (χ3n) is 3.83. The highest BCUT2D eigenvalue weighted by Gasteiger charge is 2.15. The van der Waals surface area contributed by atoms with Crippen LogP contribution in [0.1, 0.15) is 6.92 Å². The number of hydrogen-bond donors (Lipinski definition) is 0. The molecule has 1 aromatic carbocycles. The summed E-state index contributed by atoms with van der Waals surface area (Å²) in [5, 5.41) is 1.25. The minimum Gasteiger partial charge on any atom is -0.366 e. The first-order valence-electron chi connectivity index (χ1n) is 7.27. The quantitative estimate of drug-likeness (QED) is 0.723. The average Bonchev–Trinajstić information content (AvgIpc) is 3.20. The number of rotatable bonds is 2. The Morgan fingerprint density at radius 2 is 2.18 bits per heavy atom. The molecule has 1 aliphatic rings. The fourth-order valence-corrected chi connectivity index (χ4v) is 4.72. The Kier molecular flexibility index (Phi) is 3.43. The predicted octanol–water partition coefficient (Wildman–Crippen LogP) is 2.32. The number of aromatic nitrogens is 2. The van der Waals surface area contributed by atoms with Crippen molar-refractivity contribution in [2.24, 2.45) is 0 Å². The molecule has 6 heteroatoms. The summed E-state index contributed by atoms with van der Waals surface area (Å²) in [7, 11) is 0. The summed E-state index contributed by atoms with van der Waals surface area (Å²) < 4.78 is 2.45. The van der Waals surface area contributed by atoms with Crippen molar-refractivity contribution in [2.75, 3.05) is 18.8 Å². The van der Waals surface area contributed by atoms with Gasteiger partial charge in [0, 0.05) is 18.8 Å². The van der Waals surface area contributed by atoms with Crippen molar-refractivity contribution in [3.8, 4) is 0 Å². The first kappa shape index (κ1) is 13.8. The lowest BCUT2D eigenvalue weighted by Crippen LogP contribution is -2.22. The number of thiazole rings is 1. The second-order valence-electron chi connectivity index (χ2n) is 5.09. The average molecular weight is 329 g/mol. The molecule has 4 nitrogen and oxygen atoms in total. The van der Waals surface area contributed by atoms with E-state index in [1.54, 1.807) is 4.40 Å². The lowest BCUT2D eigenvalue weighted by molar-refractivity contribution is 0.426. The summed E-state index contributed by atoms with van der Waals surface area (Å²) in [6.45, 7) is 4.25. The van der Waals surface area contributed by atoms with Gasteiger partial charge in [-0.3, -0.25) is 4.79 Å². The van der Waals surface area contributed by atoms with Crippen LogP contribution in [0.15, 0.2) is 40.2 Å². The van der Waals surface area contributed by atoms with Crippen LogP contribution in [0, 0.1) is 0 Å². The van der Waals surface area contributed by atoms with Crippen LogP contribution in [0.4, 0.5) is 0 Å². The molecule has 3 heterocycles. The number of hydrogen-bond acceptors (Lipinski definition) is 5. The minimum absolute atomic E-state index is 0.0246. The lowest BCUT2D eigenvalue weighted by atomic mass is 10.3. The number of allylic oxidation sites excluding steroid dienone is 1. The second-order valence-corrected chi connectivity index (χ2v) is 7.21. The molecule has 112 valence electrons. The maximum absolute atomic E-state index is 12.6. The molecule has 0 bridgehead atoms. The van der Waals surface area contributed by atoms with Gasteiger partial charge in [-0.25, -0.2) is 9.38 Å². The molecule has 3 aromatic rings. The van der Waals surface area contributed by atoms with Gasteiger partial charge >= 0.3 is 0 Å². The van der Waals surface area contributed by atoms with Crippen molar-refractivity contribution in [2.45, 2.75) is 6.92 Å². The molecule has 22 heavy (non-hydrogen) atoms. The highest BCUT2D eigenvalue weighted by Crippen LogP contribution is 2.27. The molecule has 4 rings (SSSR count). The maximum atomic E-state index is 12.6. The summed E-state index contributed by atoms with van der Waals surface area (Å²) in [4.78, 5) is 20.2. The molecule has 0 aliphatic carbocycles. The van der Waals surface area contributed by atoms with Gasteiger partial charge in [0.2, 0.25) is 0 Å².